The zero-order valence-electron chi connectivity index (χ0n) is 11.2. The Morgan fingerprint density at radius 1 is 1.06 bits per heavy atom. The van der Waals surface area contributed by atoms with Gasteiger partial charge >= 0.3 is 0 Å². The second kappa shape index (κ2) is 5.01. The fourth-order valence-electron chi connectivity index (χ4n) is 1.95. The Morgan fingerprint density at radius 2 is 1.56 bits per heavy atom. The smallest absolute Gasteiger partial charge is 0.0591 e. The van der Waals surface area contributed by atoms with Crippen LogP contribution in [0, 0.1) is 19.3 Å². The molecule has 0 fully saturated rings. The molecular formula is C15H24O. The minimum atomic E-state index is -0.228. The van der Waals surface area contributed by atoms with Gasteiger partial charge in [-0.15, -0.1) is 0 Å². The molecule has 1 unspecified atom stereocenters. The van der Waals surface area contributed by atoms with Crippen molar-refractivity contribution in [3.05, 3.63) is 34.9 Å². The number of hydrogen-bond donors (Lipinski definition) is 1. The lowest BCUT2D eigenvalue weighted by molar-refractivity contribution is 0.0560. The Morgan fingerprint density at radius 3 is 2.00 bits per heavy atom. The molecule has 1 aromatic carbocycles. The van der Waals surface area contributed by atoms with Crippen LogP contribution in [0.1, 0.15) is 43.9 Å². The van der Waals surface area contributed by atoms with Crippen molar-refractivity contribution in [2.75, 3.05) is 0 Å². The summed E-state index contributed by atoms with van der Waals surface area (Å²) in [7, 11) is 0. The number of benzene rings is 1. The monoisotopic (exact) mass is 220 g/mol. The Hall–Kier alpha value is -0.820. The van der Waals surface area contributed by atoms with E-state index in [0.717, 1.165) is 12.8 Å². The number of aryl methyl sites for hydroxylation is 3. The largest absolute Gasteiger partial charge is 0.393 e. The molecule has 1 heteroatoms. The van der Waals surface area contributed by atoms with Gasteiger partial charge in [-0.3, -0.25) is 0 Å². The van der Waals surface area contributed by atoms with Gasteiger partial charge in [-0.1, -0.05) is 50.1 Å². The molecule has 0 saturated heterocycles. The molecule has 1 nitrogen and oxygen atoms in total. The first kappa shape index (κ1) is 13.2. The van der Waals surface area contributed by atoms with E-state index >= 15 is 0 Å². The Labute approximate surface area is 99.5 Å². The molecule has 0 heterocycles. The average molecular weight is 220 g/mol. The molecule has 0 aliphatic rings. The molecule has 1 aromatic rings. The Kier molecular flexibility index (Phi) is 4.15. The highest BCUT2D eigenvalue weighted by Gasteiger charge is 2.21. The van der Waals surface area contributed by atoms with Gasteiger partial charge in [0.25, 0.3) is 0 Å². The van der Waals surface area contributed by atoms with Crippen LogP contribution in [0.2, 0.25) is 0 Å². The first-order chi connectivity index (χ1) is 7.29. The predicted molar refractivity (Wildman–Crippen MR) is 69.7 cm³/mol. The molecule has 1 atom stereocenters. The fraction of sp³-hybridized carbons (Fsp3) is 0.600. The Balaban J connectivity index is 2.61. The summed E-state index contributed by atoms with van der Waals surface area (Å²) in [5, 5.41) is 9.99. The van der Waals surface area contributed by atoms with E-state index in [9.17, 15) is 5.11 Å². The van der Waals surface area contributed by atoms with E-state index in [2.05, 4.69) is 52.8 Å². The zero-order chi connectivity index (χ0) is 12.3. The summed E-state index contributed by atoms with van der Waals surface area (Å²) in [6, 6.07) is 6.61. The van der Waals surface area contributed by atoms with Crippen molar-refractivity contribution in [2.24, 2.45) is 5.41 Å². The normalized spacial score (nSPS) is 13.9. The van der Waals surface area contributed by atoms with Crippen molar-refractivity contribution < 1.29 is 5.11 Å². The molecule has 1 N–H and O–H groups in total. The molecule has 0 spiro atoms. The van der Waals surface area contributed by atoms with E-state index in [1.807, 2.05) is 0 Å². The summed E-state index contributed by atoms with van der Waals surface area (Å²) in [6.07, 6.45) is 1.57. The van der Waals surface area contributed by atoms with Gasteiger partial charge in [0.2, 0.25) is 0 Å². The average Bonchev–Trinajstić information content (AvgIpc) is 2.11. The summed E-state index contributed by atoms with van der Waals surface area (Å²) in [5.74, 6) is 0. The van der Waals surface area contributed by atoms with Gasteiger partial charge in [-0.05, 0) is 37.7 Å². The quantitative estimate of drug-likeness (QED) is 0.824. The minimum absolute atomic E-state index is 0.0150. The van der Waals surface area contributed by atoms with Crippen LogP contribution in [-0.2, 0) is 6.42 Å². The molecule has 0 aromatic heterocycles. The Bertz CT molecular complexity index is 327. The fourth-order valence-corrected chi connectivity index (χ4v) is 1.95. The van der Waals surface area contributed by atoms with Gasteiger partial charge in [0.15, 0.2) is 0 Å². The highest BCUT2D eigenvalue weighted by molar-refractivity contribution is 5.28. The van der Waals surface area contributed by atoms with Crippen LogP contribution in [0.4, 0.5) is 0 Å². The van der Waals surface area contributed by atoms with Crippen LogP contribution in [0.15, 0.2) is 18.2 Å². The lowest BCUT2D eigenvalue weighted by Crippen LogP contribution is -2.26. The number of aliphatic hydroxyl groups excluding tert-OH is 1. The molecule has 0 bridgehead atoms. The maximum Gasteiger partial charge on any atom is 0.0591 e. The van der Waals surface area contributed by atoms with Gasteiger partial charge in [-0.2, -0.15) is 0 Å². The molecule has 0 radical (unpaired) electrons. The molecule has 0 amide bonds. The maximum atomic E-state index is 9.99. The second-order valence-corrected chi connectivity index (χ2v) is 5.92. The third kappa shape index (κ3) is 3.97. The van der Waals surface area contributed by atoms with Crippen LogP contribution in [-0.4, -0.2) is 11.2 Å². The molecular weight excluding hydrogens is 196 g/mol. The summed E-state index contributed by atoms with van der Waals surface area (Å²) < 4.78 is 0. The number of aliphatic hydroxyl groups is 1. The maximum absolute atomic E-state index is 9.99. The van der Waals surface area contributed by atoms with Crippen molar-refractivity contribution in [1.82, 2.24) is 0 Å². The van der Waals surface area contributed by atoms with E-state index in [0.29, 0.717) is 0 Å². The van der Waals surface area contributed by atoms with Gasteiger partial charge < -0.3 is 5.11 Å². The summed E-state index contributed by atoms with van der Waals surface area (Å²) in [6.45, 7) is 10.5. The van der Waals surface area contributed by atoms with Gasteiger partial charge in [0.1, 0.15) is 0 Å². The highest BCUT2D eigenvalue weighted by Crippen LogP contribution is 2.23. The summed E-state index contributed by atoms with van der Waals surface area (Å²) >= 11 is 0. The van der Waals surface area contributed by atoms with Gasteiger partial charge in [-0.25, -0.2) is 0 Å². The molecule has 0 aliphatic carbocycles. The predicted octanol–water partition coefficient (Wildman–Crippen LogP) is 3.64. The third-order valence-corrected chi connectivity index (χ3v) is 2.99. The van der Waals surface area contributed by atoms with Crippen LogP contribution < -0.4 is 0 Å². The lowest BCUT2D eigenvalue weighted by Gasteiger charge is -2.25. The molecule has 1 rings (SSSR count). The van der Waals surface area contributed by atoms with Crippen LogP contribution in [0.3, 0.4) is 0 Å². The van der Waals surface area contributed by atoms with Crippen LogP contribution in [0.25, 0.3) is 0 Å². The number of hydrogen-bond acceptors (Lipinski definition) is 1. The van der Waals surface area contributed by atoms with E-state index in [1.165, 1.54) is 16.7 Å². The topological polar surface area (TPSA) is 20.2 Å². The standard InChI is InChI=1S/C15H24O/c1-11-8-12(2)10-13(9-11)6-7-14(16)15(3,4)5/h8-10,14,16H,6-7H2,1-5H3. The van der Waals surface area contributed by atoms with E-state index in [-0.39, 0.29) is 11.5 Å². The molecule has 16 heavy (non-hydrogen) atoms. The van der Waals surface area contributed by atoms with E-state index in [4.69, 9.17) is 0 Å². The van der Waals surface area contributed by atoms with E-state index in [1.54, 1.807) is 0 Å². The van der Waals surface area contributed by atoms with Crippen LogP contribution in [0.5, 0.6) is 0 Å². The number of rotatable bonds is 3. The van der Waals surface area contributed by atoms with Crippen molar-refractivity contribution in [3.8, 4) is 0 Å². The van der Waals surface area contributed by atoms with Crippen molar-refractivity contribution in [1.29, 1.82) is 0 Å². The molecule has 0 aliphatic heterocycles. The van der Waals surface area contributed by atoms with E-state index < -0.39 is 0 Å². The van der Waals surface area contributed by atoms with Crippen molar-refractivity contribution in [2.45, 2.75) is 53.6 Å². The first-order valence-electron chi connectivity index (χ1n) is 6.04. The van der Waals surface area contributed by atoms with Crippen molar-refractivity contribution in [3.63, 3.8) is 0 Å². The first-order valence-corrected chi connectivity index (χ1v) is 6.04. The third-order valence-electron chi connectivity index (χ3n) is 2.99. The SMILES string of the molecule is Cc1cc(C)cc(CCC(O)C(C)(C)C)c1. The highest BCUT2D eigenvalue weighted by atomic mass is 16.3. The zero-order valence-corrected chi connectivity index (χ0v) is 11.2. The molecule has 90 valence electrons. The van der Waals surface area contributed by atoms with Crippen LogP contribution >= 0.6 is 0 Å². The minimum Gasteiger partial charge on any atom is -0.393 e. The van der Waals surface area contributed by atoms with Crippen molar-refractivity contribution >= 4 is 0 Å². The van der Waals surface area contributed by atoms with Gasteiger partial charge in [0.05, 0.1) is 6.10 Å². The summed E-state index contributed by atoms with van der Waals surface area (Å²) in [4.78, 5) is 0. The lowest BCUT2D eigenvalue weighted by atomic mass is 9.85. The second-order valence-electron chi connectivity index (χ2n) is 5.92. The van der Waals surface area contributed by atoms with Gasteiger partial charge in [0, 0.05) is 0 Å². The molecule has 0 saturated carbocycles. The summed E-state index contributed by atoms with van der Waals surface area (Å²) in [5.41, 5.74) is 3.93.